The second kappa shape index (κ2) is 5.25. The van der Waals surface area contributed by atoms with Crippen molar-refractivity contribution in [3.8, 4) is 0 Å². The molecule has 2 atom stereocenters. The van der Waals surface area contributed by atoms with E-state index in [-0.39, 0.29) is 0 Å². The van der Waals surface area contributed by atoms with Gasteiger partial charge in [-0.25, -0.2) is 13.1 Å². The first-order valence-corrected chi connectivity index (χ1v) is 8.46. The summed E-state index contributed by atoms with van der Waals surface area (Å²) in [5, 5.41) is 4.14. The highest BCUT2D eigenvalue weighted by atomic mass is 32.2. The zero-order valence-electron chi connectivity index (χ0n) is 10.4. The van der Waals surface area contributed by atoms with Crippen molar-refractivity contribution in [2.45, 2.75) is 44.0 Å². The minimum Gasteiger partial charge on any atom is -0.311 e. The summed E-state index contributed by atoms with van der Waals surface area (Å²) in [6.45, 7) is 6.68. The standard InChI is InChI=1S/C10H22N2O2S2/c1-8-5-9(6-15-8)11-7-10(2,3)12-16(4,13)14/h8-9,11-12H,5-7H2,1-4H3. The smallest absolute Gasteiger partial charge is 0.209 e. The molecule has 0 spiro atoms. The molecule has 1 saturated heterocycles. The predicted octanol–water partition coefficient (Wildman–Crippen LogP) is 0.798. The van der Waals surface area contributed by atoms with Crippen molar-refractivity contribution >= 4 is 21.8 Å². The highest BCUT2D eigenvalue weighted by molar-refractivity contribution is 8.00. The molecule has 0 aromatic heterocycles. The zero-order chi connectivity index (χ0) is 12.4. The molecule has 4 nitrogen and oxygen atoms in total. The summed E-state index contributed by atoms with van der Waals surface area (Å²) in [5.74, 6) is 1.12. The molecular weight excluding hydrogens is 244 g/mol. The molecule has 1 aliphatic heterocycles. The van der Waals surface area contributed by atoms with Gasteiger partial charge in [0.2, 0.25) is 10.0 Å². The summed E-state index contributed by atoms with van der Waals surface area (Å²) in [7, 11) is -3.13. The largest absolute Gasteiger partial charge is 0.311 e. The fraction of sp³-hybridized carbons (Fsp3) is 1.00. The van der Waals surface area contributed by atoms with Gasteiger partial charge in [-0.2, -0.15) is 11.8 Å². The van der Waals surface area contributed by atoms with Gasteiger partial charge >= 0.3 is 0 Å². The minimum absolute atomic E-state index is 0.427. The Bertz CT molecular complexity index is 328. The van der Waals surface area contributed by atoms with Crippen LogP contribution in [0.25, 0.3) is 0 Å². The molecule has 0 aromatic rings. The van der Waals surface area contributed by atoms with Crippen LogP contribution in [0.2, 0.25) is 0 Å². The summed E-state index contributed by atoms with van der Waals surface area (Å²) in [6, 6.07) is 0.514. The average molecular weight is 266 g/mol. The molecule has 1 fully saturated rings. The Morgan fingerprint density at radius 1 is 1.44 bits per heavy atom. The van der Waals surface area contributed by atoms with Gasteiger partial charge < -0.3 is 5.32 Å². The maximum atomic E-state index is 11.2. The lowest BCUT2D eigenvalue weighted by Crippen LogP contribution is -2.51. The van der Waals surface area contributed by atoms with E-state index in [2.05, 4.69) is 17.0 Å². The highest BCUT2D eigenvalue weighted by Gasteiger charge is 2.26. The van der Waals surface area contributed by atoms with Crippen molar-refractivity contribution in [1.82, 2.24) is 10.0 Å². The van der Waals surface area contributed by atoms with Gasteiger partial charge in [-0.05, 0) is 20.3 Å². The maximum Gasteiger partial charge on any atom is 0.209 e. The number of nitrogens with one attached hydrogen (secondary N) is 2. The van der Waals surface area contributed by atoms with E-state index in [1.54, 1.807) is 0 Å². The topological polar surface area (TPSA) is 58.2 Å². The van der Waals surface area contributed by atoms with E-state index in [9.17, 15) is 8.42 Å². The Balaban J connectivity index is 2.36. The lowest BCUT2D eigenvalue weighted by molar-refractivity contribution is 0.394. The highest BCUT2D eigenvalue weighted by Crippen LogP contribution is 2.26. The summed E-state index contributed by atoms with van der Waals surface area (Å²) < 4.78 is 24.9. The van der Waals surface area contributed by atoms with Crippen molar-refractivity contribution in [1.29, 1.82) is 0 Å². The third-order valence-electron chi connectivity index (χ3n) is 2.49. The van der Waals surface area contributed by atoms with E-state index in [0.717, 1.165) is 5.75 Å². The van der Waals surface area contributed by atoms with Crippen LogP contribution in [0.4, 0.5) is 0 Å². The van der Waals surface area contributed by atoms with Crippen molar-refractivity contribution < 1.29 is 8.42 Å². The van der Waals surface area contributed by atoms with Crippen LogP contribution in [0.3, 0.4) is 0 Å². The second-order valence-electron chi connectivity index (χ2n) is 5.22. The molecule has 2 unspecified atom stereocenters. The molecule has 0 saturated carbocycles. The molecule has 2 N–H and O–H groups in total. The molecule has 0 bridgehead atoms. The van der Waals surface area contributed by atoms with E-state index in [4.69, 9.17) is 0 Å². The van der Waals surface area contributed by atoms with Gasteiger partial charge in [-0.15, -0.1) is 0 Å². The SMILES string of the molecule is CC1CC(NCC(C)(C)NS(C)(=O)=O)CS1. The molecule has 1 heterocycles. The second-order valence-corrected chi connectivity index (χ2v) is 8.44. The number of hydrogen-bond donors (Lipinski definition) is 2. The molecule has 0 radical (unpaired) electrons. The Morgan fingerprint density at radius 2 is 2.06 bits per heavy atom. The van der Waals surface area contributed by atoms with E-state index in [1.165, 1.54) is 12.7 Å². The monoisotopic (exact) mass is 266 g/mol. The molecule has 16 heavy (non-hydrogen) atoms. The third kappa shape index (κ3) is 5.52. The van der Waals surface area contributed by atoms with Crippen LogP contribution in [0.1, 0.15) is 27.2 Å². The van der Waals surface area contributed by atoms with Crippen LogP contribution < -0.4 is 10.0 Å². The van der Waals surface area contributed by atoms with Crippen molar-refractivity contribution in [2.24, 2.45) is 0 Å². The van der Waals surface area contributed by atoms with Gasteiger partial charge in [-0.1, -0.05) is 6.92 Å². The molecule has 0 amide bonds. The van der Waals surface area contributed by atoms with E-state index in [1.807, 2.05) is 25.6 Å². The molecule has 0 aliphatic carbocycles. The summed E-state index contributed by atoms with van der Waals surface area (Å²) in [4.78, 5) is 0. The molecule has 1 rings (SSSR count). The Labute approximate surface area is 103 Å². The Hall–Kier alpha value is 0.220. The zero-order valence-corrected chi connectivity index (χ0v) is 12.0. The van der Waals surface area contributed by atoms with E-state index >= 15 is 0 Å². The van der Waals surface area contributed by atoms with E-state index < -0.39 is 15.6 Å². The number of thioether (sulfide) groups is 1. The van der Waals surface area contributed by atoms with Gasteiger partial charge in [0.05, 0.1) is 6.26 Å². The van der Waals surface area contributed by atoms with Crippen LogP contribution in [0.5, 0.6) is 0 Å². The fourth-order valence-electron chi connectivity index (χ4n) is 1.90. The molecule has 0 aromatic carbocycles. The number of sulfonamides is 1. The van der Waals surface area contributed by atoms with Gasteiger partial charge in [0.15, 0.2) is 0 Å². The predicted molar refractivity (Wildman–Crippen MR) is 70.4 cm³/mol. The fourth-order valence-corrected chi connectivity index (χ4v) is 4.16. The summed E-state index contributed by atoms with van der Waals surface area (Å²) in [5.41, 5.74) is -0.427. The summed E-state index contributed by atoms with van der Waals surface area (Å²) in [6.07, 6.45) is 2.36. The number of hydrogen-bond acceptors (Lipinski definition) is 4. The quantitative estimate of drug-likeness (QED) is 0.773. The number of rotatable bonds is 5. The molecule has 1 aliphatic rings. The minimum atomic E-state index is -3.13. The van der Waals surface area contributed by atoms with Gasteiger partial charge in [0.25, 0.3) is 0 Å². The summed E-state index contributed by atoms with van der Waals surface area (Å²) >= 11 is 1.97. The van der Waals surface area contributed by atoms with Crippen LogP contribution in [0, 0.1) is 0 Å². The molecule has 6 heteroatoms. The first-order chi connectivity index (χ1) is 7.18. The normalized spacial score (nSPS) is 27.2. The van der Waals surface area contributed by atoms with E-state index in [0.29, 0.717) is 17.8 Å². The Kier molecular flexibility index (Phi) is 4.68. The van der Waals surface area contributed by atoms with Crippen molar-refractivity contribution in [3.05, 3.63) is 0 Å². The lowest BCUT2D eigenvalue weighted by atomic mass is 10.1. The first-order valence-electron chi connectivity index (χ1n) is 5.52. The van der Waals surface area contributed by atoms with Crippen molar-refractivity contribution in [2.75, 3.05) is 18.6 Å². The first kappa shape index (κ1) is 14.3. The maximum absolute atomic E-state index is 11.2. The third-order valence-corrected chi connectivity index (χ3v) is 4.77. The van der Waals surface area contributed by atoms with Crippen LogP contribution in [0.15, 0.2) is 0 Å². The van der Waals surface area contributed by atoms with Gasteiger partial charge in [-0.3, -0.25) is 0 Å². The average Bonchev–Trinajstić information content (AvgIpc) is 2.44. The molecular formula is C10H22N2O2S2. The van der Waals surface area contributed by atoms with Crippen molar-refractivity contribution in [3.63, 3.8) is 0 Å². The van der Waals surface area contributed by atoms with Crippen LogP contribution >= 0.6 is 11.8 Å². The van der Waals surface area contributed by atoms with Crippen LogP contribution in [-0.4, -0.2) is 43.8 Å². The Morgan fingerprint density at radius 3 is 2.50 bits per heavy atom. The molecule has 96 valence electrons. The van der Waals surface area contributed by atoms with Gasteiger partial charge in [0.1, 0.15) is 0 Å². The van der Waals surface area contributed by atoms with Gasteiger partial charge in [0, 0.05) is 29.1 Å². The van der Waals surface area contributed by atoms with Crippen LogP contribution in [-0.2, 0) is 10.0 Å². The lowest BCUT2D eigenvalue weighted by Gasteiger charge is -2.27.